The van der Waals surface area contributed by atoms with Crippen LogP contribution in [0, 0.1) is 0 Å². The largest absolute Gasteiger partial charge is 0.352 e. The molecule has 0 saturated carbocycles. The molecule has 9 heteroatoms. The summed E-state index contributed by atoms with van der Waals surface area (Å²) in [5.74, 6) is 0.00632. The van der Waals surface area contributed by atoms with Crippen molar-refractivity contribution in [3.05, 3.63) is 42.5 Å². The number of benzene rings is 2. The highest BCUT2D eigenvalue weighted by Gasteiger charge is 2.30. The molecule has 3 rings (SSSR count). The predicted molar refractivity (Wildman–Crippen MR) is 111 cm³/mol. The second kappa shape index (κ2) is 9.23. The van der Waals surface area contributed by atoms with E-state index in [1.807, 2.05) is 30.3 Å². The number of nitrogens with two attached hydrogens (primary N) is 1. The van der Waals surface area contributed by atoms with Crippen molar-refractivity contribution in [2.75, 3.05) is 32.7 Å². The Kier molecular flexibility index (Phi) is 6.71. The van der Waals surface area contributed by atoms with Crippen molar-refractivity contribution in [2.45, 2.75) is 24.2 Å². The quantitative estimate of drug-likeness (QED) is 0.664. The van der Waals surface area contributed by atoms with Gasteiger partial charge in [0, 0.05) is 39.1 Å². The van der Waals surface area contributed by atoms with Gasteiger partial charge < -0.3 is 16.0 Å². The Morgan fingerprint density at radius 2 is 1.66 bits per heavy atom. The minimum Gasteiger partial charge on any atom is -0.352 e. The van der Waals surface area contributed by atoms with Crippen molar-refractivity contribution in [3.8, 4) is 0 Å². The molecule has 1 aliphatic rings. The average Bonchev–Trinajstić information content (AvgIpc) is 2.73. The van der Waals surface area contributed by atoms with E-state index < -0.39 is 16.1 Å². The van der Waals surface area contributed by atoms with Gasteiger partial charge in [-0.15, -0.1) is 0 Å². The third-order valence-electron chi connectivity index (χ3n) is 5.07. The summed E-state index contributed by atoms with van der Waals surface area (Å²) >= 11 is 0. The van der Waals surface area contributed by atoms with Crippen molar-refractivity contribution in [1.29, 1.82) is 0 Å². The number of fused-ring (bicyclic) bond motifs is 1. The number of carbonyl (C=O) groups excluding carboxylic acids is 2. The minimum absolute atomic E-state index is 0.00632. The highest BCUT2D eigenvalue weighted by Crippen LogP contribution is 2.23. The molecule has 1 saturated heterocycles. The number of amides is 3. The lowest BCUT2D eigenvalue weighted by atomic mass is 10.1. The highest BCUT2D eigenvalue weighted by molar-refractivity contribution is 7.89. The molecular weight excluding hydrogens is 392 g/mol. The van der Waals surface area contributed by atoms with E-state index in [2.05, 4.69) is 5.32 Å². The average molecular weight is 419 g/mol. The van der Waals surface area contributed by atoms with E-state index in [1.54, 1.807) is 17.0 Å². The number of primary amides is 1. The van der Waals surface area contributed by atoms with Gasteiger partial charge in [-0.2, -0.15) is 4.31 Å². The van der Waals surface area contributed by atoms with Crippen LogP contribution < -0.4 is 11.1 Å². The molecule has 3 N–H and O–H groups in total. The maximum absolute atomic E-state index is 13.0. The van der Waals surface area contributed by atoms with E-state index in [4.69, 9.17) is 5.73 Å². The number of piperazine rings is 1. The lowest BCUT2D eigenvalue weighted by Gasteiger charge is -2.34. The lowest BCUT2D eigenvalue weighted by Crippen LogP contribution is -2.50. The summed E-state index contributed by atoms with van der Waals surface area (Å²) < 4.78 is 27.4. The summed E-state index contributed by atoms with van der Waals surface area (Å²) in [5.41, 5.74) is 4.99. The number of nitrogens with zero attached hydrogens (tertiary/aromatic N) is 2. The molecule has 1 fully saturated rings. The standard InChI is InChI=1S/C20H26N4O4S/c21-20(26)22-10-4-3-7-19(25)23-11-13-24(14-12-23)29(27,28)18-9-8-16-5-1-2-6-17(16)15-18/h1-2,5-6,8-9,15H,3-4,7,10-14H2,(H3,21,22,26). The molecule has 0 radical (unpaired) electrons. The van der Waals surface area contributed by atoms with Gasteiger partial charge in [0.15, 0.2) is 0 Å². The maximum Gasteiger partial charge on any atom is 0.312 e. The summed E-state index contributed by atoms with van der Waals surface area (Å²) in [6.45, 7) is 1.77. The number of sulfonamides is 1. The normalized spacial score (nSPS) is 15.4. The van der Waals surface area contributed by atoms with Crippen molar-refractivity contribution in [2.24, 2.45) is 5.73 Å². The van der Waals surface area contributed by atoms with Crippen LogP contribution in [0.1, 0.15) is 19.3 Å². The fraction of sp³-hybridized carbons (Fsp3) is 0.400. The Balaban J connectivity index is 1.53. The number of nitrogens with one attached hydrogen (secondary N) is 1. The fourth-order valence-electron chi connectivity index (χ4n) is 3.43. The summed E-state index contributed by atoms with van der Waals surface area (Å²) in [5, 5.41) is 4.36. The first-order valence-electron chi connectivity index (χ1n) is 9.68. The van der Waals surface area contributed by atoms with Crippen LogP contribution in [0.25, 0.3) is 10.8 Å². The van der Waals surface area contributed by atoms with Gasteiger partial charge in [0.25, 0.3) is 0 Å². The molecule has 0 aromatic heterocycles. The molecule has 2 aromatic carbocycles. The first-order chi connectivity index (χ1) is 13.9. The Morgan fingerprint density at radius 3 is 2.34 bits per heavy atom. The van der Waals surface area contributed by atoms with Gasteiger partial charge in [0.2, 0.25) is 15.9 Å². The highest BCUT2D eigenvalue weighted by atomic mass is 32.2. The van der Waals surface area contributed by atoms with Crippen LogP contribution in [0.4, 0.5) is 4.79 Å². The summed E-state index contributed by atoms with van der Waals surface area (Å²) in [7, 11) is -3.59. The van der Waals surface area contributed by atoms with E-state index in [-0.39, 0.29) is 23.9 Å². The molecule has 0 atom stereocenters. The molecule has 29 heavy (non-hydrogen) atoms. The van der Waals surface area contributed by atoms with Crippen LogP contribution in [0.3, 0.4) is 0 Å². The molecule has 156 valence electrons. The van der Waals surface area contributed by atoms with Crippen LogP contribution in [0.2, 0.25) is 0 Å². The van der Waals surface area contributed by atoms with Gasteiger partial charge in [0.1, 0.15) is 0 Å². The molecule has 0 unspecified atom stereocenters. The topological polar surface area (TPSA) is 113 Å². The van der Waals surface area contributed by atoms with Gasteiger partial charge in [-0.05, 0) is 35.7 Å². The predicted octanol–water partition coefficient (Wildman–Crippen LogP) is 1.51. The number of rotatable bonds is 7. The number of carbonyl (C=O) groups is 2. The van der Waals surface area contributed by atoms with Crippen LogP contribution in [0.5, 0.6) is 0 Å². The van der Waals surface area contributed by atoms with E-state index in [1.165, 1.54) is 4.31 Å². The Hall–Kier alpha value is -2.65. The minimum atomic E-state index is -3.59. The number of urea groups is 1. The van der Waals surface area contributed by atoms with Crippen LogP contribution in [-0.2, 0) is 14.8 Å². The number of unbranched alkanes of at least 4 members (excludes halogenated alkanes) is 1. The van der Waals surface area contributed by atoms with Gasteiger partial charge >= 0.3 is 6.03 Å². The van der Waals surface area contributed by atoms with E-state index in [9.17, 15) is 18.0 Å². The SMILES string of the molecule is NC(=O)NCCCCC(=O)N1CCN(S(=O)(=O)c2ccc3ccccc3c2)CC1. The van der Waals surface area contributed by atoms with Gasteiger partial charge in [-0.1, -0.05) is 30.3 Å². The Morgan fingerprint density at radius 1 is 0.966 bits per heavy atom. The maximum atomic E-state index is 13.0. The Bertz CT molecular complexity index is 985. The monoisotopic (exact) mass is 418 g/mol. The van der Waals surface area contributed by atoms with Crippen molar-refractivity contribution >= 4 is 32.7 Å². The molecule has 1 heterocycles. The van der Waals surface area contributed by atoms with E-state index in [0.717, 1.165) is 10.8 Å². The van der Waals surface area contributed by atoms with Crippen LogP contribution >= 0.6 is 0 Å². The number of hydrogen-bond donors (Lipinski definition) is 2. The summed E-state index contributed by atoms with van der Waals surface area (Å²) in [6.07, 6.45) is 1.69. The molecule has 3 amide bonds. The van der Waals surface area contributed by atoms with Crippen molar-refractivity contribution < 1.29 is 18.0 Å². The summed E-state index contributed by atoms with van der Waals surface area (Å²) in [6, 6.07) is 12.2. The Labute approximate surface area is 170 Å². The fourth-order valence-corrected chi connectivity index (χ4v) is 4.88. The zero-order valence-electron chi connectivity index (χ0n) is 16.2. The lowest BCUT2D eigenvalue weighted by molar-refractivity contribution is -0.132. The third-order valence-corrected chi connectivity index (χ3v) is 6.96. The zero-order chi connectivity index (χ0) is 20.9. The second-order valence-electron chi connectivity index (χ2n) is 7.04. The molecular formula is C20H26N4O4S. The number of hydrogen-bond acceptors (Lipinski definition) is 4. The molecule has 2 aromatic rings. The molecule has 8 nitrogen and oxygen atoms in total. The molecule has 0 spiro atoms. The van der Waals surface area contributed by atoms with Gasteiger partial charge in [-0.3, -0.25) is 4.79 Å². The molecule has 1 aliphatic heterocycles. The van der Waals surface area contributed by atoms with Crippen molar-refractivity contribution in [1.82, 2.24) is 14.5 Å². The first-order valence-corrected chi connectivity index (χ1v) is 11.1. The third kappa shape index (κ3) is 5.24. The van der Waals surface area contributed by atoms with E-state index in [0.29, 0.717) is 38.9 Å². The smallest absolute Gasteiger partial charge is 0.312 e. The zero-order valence-corrected chi connectivity index (χ0v) is 17.0. The van der Waals surface area contributed by atoms with Crippen LogP contribution in [-0.4, -0.2) is 62.3 Å². The second-order valence-corrected chi connectivity index (χ2v) is 8.98. The van der Waals surface area contributed by atoms with Gasteiger partial charge in [-0.25, -0.2) is 13.2 Å². The van der Waals surface area contributed by atoms with Crippen LogP contribution in [0.15, 0.2) is 47.4 Å². The molecule has 0 aliphatic carbocycles. The van der Waals surface area contributed by atoms with Gasteiger partial charge in [0.05, 0.1) is 4.90 Å². The summed E-state index contributed by atoms with van der Waals surface area (Å²) in [4.78, 5) is 24.9. The molecule has 0 bridgehead atoms. The first kappa shape index (κ1) is 21.1. The van der Waals surface area contributed by atoms with Crippen molar-refractivity contribution in [3.63, 3.8) is 0 Å². The van der Waals surface area contributed by atoms with E-state index >= 15 is 0 Å².